The molecule has 1 unspecified atom stereocenters. The maximum atomic E-state index is 11.9. The molecule has 2 aromatic rings. The Balaban J connectivity index is 1.76. The molecule has 0 aliphatic heterocycles. The van der Waals surface area contributed by atoms with Crippen molar-refractivity contribution >= 4 is 5.91 Å². The molecular formula is C18H23NO4. The predicted octanol–water partition coefficient (Wildman–Crippen LogP) is 2.63. The zero-order chi connectivity index (χ0) is 16.7. The van der Waals surface area contributed by atoms with E-state index >= 15 is 0 Å². The van der Waals surface area contributed by atoms with Crippen LogP contribution < -0.4 is 10.1 Å². The number of aryl methyl sites for hydroxylation is 1. The first kappa shape index (κ1) is 17.1. The van der Waals surface area contributed by atoms with E-state index < -0.39 is 5.60 Å². The quantitative estimate of drug-likeness (QED) is 0.785. The van der Waals surface area contributed by atoms with Crippen LogP contribution in [0.5, 0.6) is 5.75 Å². The van der Waals surface area contributed by atoms with E-state index in [4.69, 9.17) is 9.15 Å². The summed E-state index contributed by atoms with van der Waals surface area (Å²) in [6.07, 6.45) is 2.50. The monoisotopic (exact) mass is 317 g/mol. The first-order chi connectivity index (χ1) is 11.0. The van der Waals surface area contributed by atoms with Gasteiger partial charge in [0.1, 0.15) is 17.1 Å². The lowest BCUT2D eigenvalue weighted by atomic mass is 10.0. The van der Waals surface area contributed by atoms with Crippen LogP contribution in [0.1, 0.15) is 31.6 Å². The van der Waals surface area contributed by atoms with Gasteiger partial charge >= 0.3 is 0 Å². The van der Waals surface area contributed by atoms with Gasteiger partial charge in [0.05, 0.1) is 19.4 Å². The summed E-state index contributed by atoms with van der Waals surface area (Å²) < 4.78 is 10.6. The van der Waals surface area contributed by atoms with Crippen LogP contribution in [-0.2, 0) is 16.8 Å². The predicted molar refractivity (Wildman–Crippen MR) is 87.2 cm³/mol. The standard InChI is InChI=1S/C18H23NO4/c1-3-22-15-9-6-14(7-10-15)8-11-17(20)19-13-18(2,21)16-5-4-12-23-16/h4-7,9-10,12,21H,3,8,11,13H2,1-2H3,(H,19,20). The smallest absolute Gasteiger partial charge is 0.220 e. The fourth-order valence-electron chi connectivity index (χ4n) is 2.21. The molecule has 0 saturated heterocycles. The van der Waals surface area contributed by atoms with Gasteiger partial charge in [0, 0.05) is 6.42 Å². The number of furan rings is 1. The average Bonchev–Trinajstić information content (AvgIpc) is 3.08. The number of hydrogen-bond donors (Lipinski definition) is 2. The number of hydrogen-bond acceptors (Lipinski definition) is 4. The summed E-state index contributed by atoms with van der Waals surface area (Å²) in [6.45, 7) is 4.30. The largest absolute Gasteiger partial charge is 0.494 e. The van der Waals surface area contributed by atoms with E-state index in [1.165, 1.54) is 6.26 Å². The van der Waals surface area contributed by atoms with Gasteiger partial charge < -0.3 is 19.6 Å². The molecule has 0 saturated carbocycles. The highest BCUT2D eigenvalue weighted by atomic mass is 16.5. The molecule has 0 fully saturated rings. The Hall–Kier alpha value is -2.27. The molecular weight excluding hydrogens is 294 g/mol. The van der Waals surface area contributed by atoms with E-state index in [1.807, 2.05) is 31.2 Å². The van der Waals surface area contributed by atoms with E-state index in [9.17, 15) is 9.90 Å². The third-order valence-corrected chi connectivity index (χ3v) is 3.56. The van der Waals surface area contributed by atoms with Crippen molar-refractivity contribution < 1.29 is 19.1 Å². The maximum Gasteiger partial charge on any atom is 0.220 e. The van der Waals surface area contributed by atoms with E-state index in [-0.39, 0.29) is 12.5 Å². The van der Waals surface area contributed by atoms with Crippen molar-refractivity contribution in [2.75, 3.05) is 13.2 Å². The minimum Gasteiger partial charge on any atom is -0.494 e. The number of carbonyl (C=O) groups excluding carboxylic acids is 1. The van der Waals surface area contributed by atoms with Crippen LogP contribution in [0.4, 0.5) is 0 Å². The highest BCUT2D eigenvalue weighted by Gasteiger charge is 2.26. The van der Waals surface area contributed by atoms with Gasteiger partial charge in [-0.25, -0.2) is 0 Å². The zero-order valence-electron chi connectivity index (χ0n) is 13.5. The van der Waals surface area contributed by atoms with Gasteiger partial charge in [0.2, 0.25) is 5.91 Å². The van der Waals surface area contributed by atoms with Gasteiger partial charge in [-0.2, -0.15) is 0 Å². The summed E-state index contributed by atoms with van der Waals surface area (Å²) in [4.78, 5) is 11.9. The van der Waals surface area contributed by atoms with E-state index in [0.29, 0.717) is 25.2 Å². The second-order valence-corrected chi connectivity index (χ2v) is 5.60. The SMILES string of the molecule is CCOc1ccc(CCC(=O)NCC(C)(O)c2ccco2)cc1. The van der Waals surface area contributed by atoms with Crippen LogP contribution in [0.15, 0.2) is 47.1 Å². The van der Waals surface area contributed by atoms with Crippen molar-refractivity contribution in [1.29, 1.82) is 0 Å². The van der Waals surface area contributed by atoms with Gasteiger partial charge in [-0.1, -0.05) is 12.1 Å². The van der Waals surface area contributed by atoms with Crippen molar-refractivity contribution in [3.63, 3.8) is 0 Å². The molecule has 5 nitrogen and oxygen atoms in total. The molecule has 124 valence electrons. The number of carbonyl (C=O) groups is 1. The van der Waals surface area contributed by atoms with Gasteiger partial charge in [-0.3, -0.25) is 4.79 Å². The minimum atomic E-state index is -1.21. The molecule has 1 aromatic carbocycles. The second-order valence-electron chi connectivity index (χ2n) is 5.60. The Kier molecular flexibility index (Phi) is 5.82. The third kappa shape index (κ3) is 5.14. The highest BCUT2D eigenvalue weighted by Crippen LogP contribution is 2.19. The van der Waals surface area contributed by atoms with Gasteiger partial charge in [-0.05, 0) is 50.1 Å². The Morgan fingerprint density at radius 1 is 1.30 bits per heavy atom. The third-order valence-electron chi connectivity index (χ3n) is 3.56. The lowest BCUT2D eigenvalue weighted by molar-refractivity contribution is -0.122. The molecule has 0 bridgehead atoms. The highest BCUT2D eigenvalue weighted by molar-refractivity contribution is 5.76. The molecule has 23 heavy (non-hydrogen) atoms. The summed E-state index contributed by atoms with van der Waals surface area (Å²) in [5, 5.41) is 13.0. The first-order valence-electron chi connectivity index (χ1n) is 7.76. The molecule has 0 radical (unpaired) electrons. The Bertz CT molecular complexity index is 602. The van der Waals surface area contributed by atoms with Crippen LogP contribution in [0.25, 0.3) is 0 Å². The number of aliphatic hydroxyl groups is 1. The van der Waals surface area contributed by atoms with E-state index in [1.54, 1.807) is 19.1 Å². The lowest BCUT2D eigenvalue weighted by Crippen LogP contribution is -2.38. The molecule has 1 amide bonds. The van der Waals surface area contributed by atoms with Crippen molar-refractivity contribution in [2.45, 2.75) is 32.3 Å². The molecule has 0 spiro atoms. The lowest BCUT2D eigenvalue weighted by Gasteiger charge is -2.21. The summed E-state index contributed by atoms with van der Waals surface area (Å²) in [5.41, 5.74) is -0.139. The fourth-order valence-corrected chi connectivity index (χ4v) is 2.21. The van der Waals surface area contributed by atoms with E-state index in [0.717, 1.165) is 11.3 Å². The van der Waals surface area contributed by atoms with Gasteiger partial charge in [0.15, 0.2) is 0 Å². The fraction of sp³-hybridized carbons (Fsp3) is 0.389. The number of rotatable bonds is 8. The number of benzene rings is 1. The summed E-state index contributed by atoms with van der Waals surface area (Å²) in [7, 11) is 0. The molecule has 2 rings (SSSR count). The van der Waals surface area contributed by atoms with Gasteiger partial charge in [-0.15, -0.1) is 0 Å². The Labute approximate surface area is 136 Å². The van der Waals surface area contributed by atoms with Crippen LogP contribution in [0.2, 0.25) is 0 Å². The van der Waals surface area contributed by atoms with Crippen molar-refractivity contribution in [3.8, 4) is 5.75 Å². The first-order valence-corrected chi connectivity index (χ1v) is 7.76. The summed E-state index contributed by atoms with van der Waals surface area (Å²) >= 11 is 0. The molecule has 0 aliphatic carbocycles. The molecule has 1 heterocycles. The molecule has 5 heteroatoms. The topological polar surface area (TPSA) is 71.7 Å². The van der Waals surface area contributed by atoms with Crippen LogP contribution in [-0.4, -0.2) is 24.2 Å². The van der Waals surface area contributed by atoms with Crippen molar-refractivity contribution in [3.05, 3.63) is 54.0 Å². The molecule has 1 aromatic heterocycles. The molecule has 2 N–H and O–H groups in total. The summed E-state index contributed by atoms with van der Waals surface area (Å²) in [5.74, 6) is 1.16. The summed E-state index contributed by atoms with van der Waals surface area (Å²) in [6, 6.07) is 11.1. The van der Waals surface area contributed by atoms with E-state index in [2.05, 4.69) is 5.32 Å². The van der Waals surface area contributed by atoms with Crippen LogP contribution >= 0.6 is 0 Å². The normalized spacial score (nSPS) is 13.3. The Morgan fingerprint density at radius 3 is 2.65 bits per heavy atom. The van der Waals surface area contributed by atoms with Gasteiger partial charge in [0.25, 0.3) is 0 Å². The van der Waals surface area contributed by atoms with Crippen LogP contribution in [0.3, 0.4) is 0 Å². The van der Waals surface area contributed by atoms with Crippen LogP contribution in [0, 0.1) is 0 Å². The van der Waals surface area contributed by atoms with Crippen molar-refractivity contribution in [2.24, 2.45) is 0 Å². The molecule has 1 atom stereocenters. The minimum absolute atomic E-state index is 0.106. The maximum absolute atomic E-state index is 11.9. The second kappa shape index (κ2) is 7.83. The molecule has 0 aliphatic rings. The Morgan fingerprint density at radius 2 is 2.04 bits per heavy atom. The number of ether oxygens (including phenoxy) is 1. The average molecular weight is 317 g/mol. The van der Waals surface area contributed by atoms with Crippen molar-refractivity contribution in [1.82, 2.24) is 5.32 Å². The number of nitrogens with one attached hydrogen (secondary N) is 1. The number of amides is 1. The zero-order valence-corrected chi connectivity index (χ0v) is 13.5.